The molecular weight excluding hydrogens is 342 g/mol. The van der Waals surface area contributed by atoms with Crippen LogP contribution in [0.5, 0.6) is 5.75 Å². The van der Waals surface area contributed by atoms with E-state index in [1.807, 2.05) is 0 Å². The minimum Gasteiger partial charge on any atom is -0.508 e. The number of nitrogen functional groups attached to an aromatic ring is 1. The van der Waals surface area contributed by atoms with Gasteiger partial charge in [-0.05, 0) is 46.3 Å². The third kappa shape index (κ3) is 3.29. The number of phenols is 1. The van der Waals surface area contributed by atoms with Crippen LogP contribution in [0.25, 0.3) is 0 Å². The van der Waals surface area contributed by atoms with E-state index in [9.17, 15) is 20.0 Å². The molecule has 2 aromatic rings. The molecule has 0 saturated carbocycles. The van der Waals surface area contributed by atoms with E-state index in [4.69, 9.17) is 5.73 Å². The maximum atomic E-state index is 12.1. The van der Waals surface area contributed by atoms with Crippen molar-refractivity contribution in [3.8, 4) is 5.75 Å². The van der Waals surface area contributed by atoms with Crippen LogP contribution < -0.4 is 11.1 Å². The van der Waals surface area contributed by atoms with E-state index in [-0.39, 0.29) is 17.0 Å². The highest BCUT2D eigenvalue weighted by Crippen LogP contribution is 2.29. The Morgan fingerprint density at radius 3 is 2.62 bits per heavy atom. The van der Waals surface area contributed by atoms with Crippen LogP contribution in [0.2, 0.25) is 0 Å². The first kappa shape index (κ1) is 14.8. The molecule has 1 amide bonds. The monoisotopic (exact) mass is 351 g/mol. The zero-order valence-electron chi connectivity index (χ0n) is 10.5. The molecule has 0 aliphatic heterocycles. The highest BCUT2D eigenvalue weighted by molar-refractivity contribution is 9.10. The van der Waals surface area contributed by atoms with Gasteiger partial charge in [-0.25, -0.2) is 0 Å². The molecule has 0 fully saturated rings. The Morgan fingerprint density at radius 1 is 1.29 bits per heavy atom. The van der Waals surface area contributed by atoms with Crippen molar-refractivity contribution in [2.45, 2.75) is 0 Å². The Balaban J connectivity index is 2.31. The second kappa shape index (κ2) is 5.80. The van der Waals surface area contributed by atoms with E-state index < -0.39 is 16.5 Å². The number of rotatable bonds is 3. The molecule has 8 heteroatoms. The smallest absolute Gasteiger partial charge is 0.296 e. The molecule has 0 atom stereocenters. The number of nitrogens with two attached hydrogens (primary N) is 1. The van der Waals surface area contributed by atoms with Crippen molar-refractivity contribution in [2.75, 3.05) is 11.1 Å². The Morgan fingerprint density at radius 2 is 2.00 bits per heavy atom. The lowest BCUT2D eigenvalue weighted by Gasteiger charge is -2.07. The van der Waals surface area contributed by atoms with E-state index in [0.29, 0.717) is 10.2 Å². The fourth-order valence-electron chi connectivity index (χ4n) is 1.66. The van der Waals surface area contributed by atoms with Gasteiger partial charge in [-0.2, -0.15) is 0 Å². The van der Waals surface area contributed by atoms with Gasteiger partial charge in [0.1, 0.15) is 11.4 Å². The number of hydrogen-bond acceptors (Lipinski definition) is 5. The molecule has 0 radical (unpaired) electrons. The van der Waals surface area contributed by atoms with Crippen LogP contribution in [0.4, 0.5) is 17.1 Å². The first-order valence-corrected chi connectivity index (χ1v) is 6.51. The fourth-order valence-corrected chi connectivity index (χ4v) is 1.90. The van der Waals surface area contributed by atoms with Crippen LogP contribution in [0.15, 0.2) is 40.9 Å². The summed E-state index contributed by atoms with van der Waals surface area (Å²) in [6, 6.07) is 8.06. The van der Waals surface area contributed by atoms with Gasteiger partial charge in [-0.1, -0.05) is 0 Å². The van der Waals surface area contributed by atoms with Crippen molar-refractivity contribution in [1.82, 2.24) is 0 Å². The van der Waals surface area contributed by atoms with Gasteiger partial charge < -0.3 is 16.2 Å². The summed E-state index contributed by atoms with van der Waals surface area (Å²) in [6.45, 7) is 0. The van der Waals surface area contributed by atoms with Crippen LogP contribution in [-0.4, -0.2) is 15.9 Å². The fraction of sp³-hybridized carbons (Fsp3) is 0. The zero-order chi connectivity index (χ0) is 15.6. The van der Waals surface area contributed by atoms with Crippen molar-refractivity contribution in [2.24, 2.45) is 0 Å². The number of nitro benzene ring substituents is 1. The molecule has 4 N–H and O–H groups in total. The predicted molar refractivity (Wildman–Crippen MR) is 81.3 cm³/mol. The number of phenolic OH excluding ortho intramolecular Hbond substituents is 1. The van der Waals surface area contributed by atoms with Crippen LogP contribution in [0.1, 0.15) is 10.4 Å². The molecule has 0 saturated heterocycles. The molecule has 2 rings (SSSR count). The summed E-state index contributed by atoms with van der Waals surface area (Å²) >= 11 is 3.21. The van der Waals surface area contributed by atoms with Crippen molar-refractivity contribution < 1.29 is 14.8 Å². The number of nitrogens with one attached hydrogen (secondary N) is 1. The molecule has 0 aliphatic carbocycles. The third-order valence-electron chi connectivity index (χ3n) is 2.68. The van der Waals surface area contributed by atoms with E-state index in [1.165, 1.54) is 24.3 Å². The van der Waals surface area contributed by atoms with Crippen molar-refractivity contribution in [1.29, 1.82) is 0 Å². The minimum absolute atomic E-state index is 0.00992. The summed E-state index contributed by atoms with van der Waals surface area (Å²) in [6.07, 6.45) is 0. The van der Waals surface area contributed by atoms with Crippen molar-refractivity contribution >= 4 is 38.9 Å². The number of hydrogen-bond donors (Lipinski definition) is 3. The predicted octanol–water partition coefficient (Wildman–Crippen LogP) is 2.90. The van der Waals surface area contributed by atoms with E-state index in [0.717, 1.165) is 6.07 Å². The molecule has 0 unspecified atom stereocenters. The first-order valence-electron chi connectivity index (χ1n) is 5.72. The van der Waals surface area contributed by atoms with E-state index in [1.54, 1.807) is 6.07 Å². The van der Waals surface area contributed by atoms with Gasteiger partial charge in [-0.3, -0.25) is 14.9 Å². The molecule has 0 aromatic heterocycles. The summed E-state index contributed by atoms with van der Waals surface area (Å²) in [5.41, 5.74) is 5.92. The second-order valence-electron chi connectivity index (χ2n) is 4.15. The number of carbonyl (C=O) groups excluding carboxylic acids is 1. The molecule has 108 valence electrons. The SMILES string of the molecule is Nc1cc(C(=O)Nc2ccc(O)cc2[N+](=O)[O-])ccc1Br. The van der Waals surface area contributed by atoms with Gasteiger partial charge in [0.05, 0.1) is 11.0 Å². The summed E-state index contributed by atoms with van der Waals surface area (Å²) in [5, 5.41) is 22.6. The first-order chi connectivity index (χ1) is 9.88. The van der Waals surface area contributed by atoms with Gasteiger partial charge in [0.2, 0.25) is 0 Å². The summed E-state index contributed by atoms with van der Waals surface area (Å²) in [7, 11) is 0. The van der Waals surface area contributed by atoms with E-state index >= 15 is 0 Å². The maximum absolute atomic E-state index is 12.1. The number of amides is 1. The Kier molecular flexibility index (Phi) is 4.08. The molecule has 0 bridgehead atoms. The number of halogens is 1. The largest absolute Gasteiger partial charge is 0.508 e. The van der Waals surface area contributed by atoms with Crippen LogP contribution in [0.3, 0.4) is 0 Å². The van der Waals surface area contributed by atoms with Gasteiger partial charge in [0.25, 0.3) is 11.6 Å². The topological polar surface area (TPSA) is 118 Å². The molecule has 21 heavy (non-hydrogen) atoms. The Hall–Kier alpha value is -2.61. The van der Waals surface area contributed by atoms with Gasteiger partial charge in [0.15, 0.2) is 0 Å². The summed E-state index contributed by atoms with van der Waals surface area (Å²) < 4.78 is 0.648. The average Bonchev–Trinajstić information content (AvgIpc) is 2.43. The van der Waals surface area contributed by atoms with Gasteiger partial charge >= 0.3 is 0 Å². The highest BCUT2D eigenvalue weighted by Gasteiger charge is 2.17. The maximum Gasteiger partial charge on any atom is 0.296 e. The quantitative estimate of drug-likeness (QED) is 0.340. The van der Waals surface area contributed by atoms with E-state index in [2.05, 4.69) is 21.2 Å². The average molecular weight is 352 g/mol. The highest BCUT2D eigenvalue weighted by atomic mass is 79.9. The van der Waals surface area contributed by atoms with Gasteiger partial charge in [0, 0.05) is 15.7 Å². The molecule has 2 aromatic carbocycles. The molecule has 7 nitrogen and oxygen atoms in total. The third-order valence-corrected chi connectivity index (χ3v) is 3.41. The van der Waals surface area contributed by atoms with Crippen molar-refractivity contribution in [3.63, 3.8) is 0 Å². The Labute approximate surface area is 127 Å². The number of nitro groups is 1. The number of aromatic hydroxyl groups is 1. The Bertz CT molecular complexity index is 733. The normalized spacial score (nSPS) is 10.1. The lowest BCUT2D eigenvalue weighted by atomic mass is 10.2. The van der Waals surface area contributed by atoms with Crippen molar-refractivity contribution in [3.05, 3.63) is 56.5 Å². The minimum atomic E-state index is -0.689. The summed E-state index contributed by atoms with van der Waals surface area (Å²) in [5.74, 6) is -0.796. The number of carbonyl (C=O) groups is 1. The van der Waals surface area contributed by atoms with Crippen LogP contribution >= 0.6 is 15.9 Å². The molecular formula is C13H10BrN3O4. The number of anilines is 2. The molecule has 0 spiro atoms. The number of benzene rings is 2. The summed E-state index contributed by atoms with van der Waals surface area (Å²) in [4.78, 5) is 22.3. The standard InChI is InChI=1S/C13H10BrN3O4/c14-9-3-1-7(5-10(9)15)13(19)16-11-4-2-8(18)6-12(11)17(20)21/h1-6,18H,15H2,(H,16,19). The van der Waals surface area contributed by atoms with Crippen LogP contribution in [0, 0.1) is 10.1 Å². The van der Waals surface area contributed by atoms with Crippen LogP contribution in [-0.2, 0) is 0 Å². The lowest BCUT2D eigenvalue weighted by Crippen LogP contribution is -2.13. The zero-order valence-corrected chi connectivity index (χ0v) is 12.1. The number of nitrogens with zero attached hydrogens (tertiary/aromatic N) is 1. The second-order valence-corrected chi connectivity index (χ2v) is 5.00. The van der Waals surface area contributed by atoms with Gasteiger partial charge in [-0.15, -0.1) is 0 Å². The molecule has 0 heterocycles. The lowest BCUT2D eigenvalue weighted by molar-refractivity contribution is -0.384. The molecule has 0 aliphatic rings.